The third kappa shape index (κ3) is 2.36. The number of fused-ring (bicyclic) bond motifs is 1. The predicted molar refractivity (Wildman–Crippen MR) is 69.2 cm³/mol. The highest BCUT2D eigenvalue weighted by Crippen LogP contribution is 2.19. The van der Waals surface area contributed by atoms with Crippen molar-refractivity contribution in [3.63, 3.8) is 0 Å². The summed E-state index contributed by atoms with van der Waals surface area (Å²) >= 11 is 0. The molecule has 0 aliphatic rings. The zero-order chi connectivity index (χ0) is 12.3. The number of rotatable bonds is 3. The first-order chi connectivity index (χ1) is 8.24. The van der Waals surface area contributed by atoms with E-state index in [1.165, 1.54) is 12.7 Å². The van der Waals surface area contributed by atoms with Crippen LogP contribution in [0.4, 0.5) is 0 Å². The molecule has 2 rings (SSSR count). The van der Waals surface area contributed by atoms with Gasteiger partial charge >= 0.3 is 5.97 Å². The smallest absolute Gasteiger partial charge is 0.337 e. The lowest BCUT2D eigenvalue weighted by Crippen LogP contribution is -2.00. The minimum atomic E-state index is -0.304. The molecule has 0 atom stereocenters. The molecular formula is C15H14O2. The van der Waals surface area contributed by atoms with Crippen LogP contribution in [-0.4, -0.2) is 13.1 Å². The van der Waals surface area contributed by atoms with Gasteiger partial charge < -0.3 is 4.74 Å². The molecule has 0 saturated carbocycles. The second kappa shape index (κ2) is 4.83. The molecule has 17 heavy (non-hydrogen) atoms. The molecule has 0 spiro atoms. The van der Waals surface area contributed by atoms with Crippen LogP contribution >= 0.6 is 0 Å². The van der Waals surface area contributed by atoms with Crippen LogP contribution in [-0.2, 0) is 11.2 Å². The molecule has 2 aromatic carbocycles. The van der Waals surface area contributed by atoms with Crippen molar-refractivity contribution in [1.82, 2.24) is 0 Å². The SMILES string of the molecule is C=CCc1ccc2cc(C(=O)OC)ccc2c1. The van der Waals surface area contributed by atoms with Crippen molar-refractivity contribution in [1.29, 1.82) is 0 Å². The maximum Gasteiger partial charge on any atom is 0.337 e. The minimum Gasteiger partial charge on any atom is -0.465 e. The molecule has 0 heterocycles. The Bertz CT molecular complexity index is 570. The lowest BCUT2D eigenvalue weighted by molar-refractivity contribution is 0.0601. The molecule has 0 N–H and O–H groups in total. The lowest BCUT2D eigenvalue weighted by Gasteiger charge is -2.04. The molecule has 0 aliphatic heterocycles. The third-order valence-corrected chi connectivity index (χ3v) is 2.71. The van der Waals surface area contributed by atoms with Gasteiger partial charge in [0, 0.05) is 0 Å². The first kappa shape index (κ1) is 11.4. The predicted octanol–water partition coefficient (Wildman–Crippen LogP) is 3.35. The van der Waals surface area contributed by atoms with Crippen LogP contribution in [0.3, 0.4) is 0 Å². The van der Waals surface area contributed by atoms with Gasteiger partial charge in [-0.25, -0.2) is 4.79 Å². The summed E-state index contributed by atoms with van der Waals surface area (Å²) in [5.74, 6) is -0.304. The molecule has 0 saturated heterocycles. The fourth-order valence-electron chi connectivity index (χ4n) is 1.83. The van der Waals surface area contributed by atoms with Crippen LogP contribution in [0, 0.1) is 0 Å². The average Bonchev–Trinajstić information content (AvgIpc) is 2.37. The largest absolute Gasteiger partial charge is 0.465 e. The fraction of sp³-hybridized carbons (Fsp3) is 0.133. The van der Waals surface area contributed by atoms with E-state index in [-0.39, 0.29) is 5.97 Å². The zero-order valence-electron chi connectivity index (χ0n) is 9.77. The van der Waals surface area contributed by atoms with E-state index in [2.05, 4.69) is 12.6 Å². The zero-order valence-corrected chi connectivity index (χ0v) is 9.77. The first-order valence-corrected chi connectivity index (χ1v) is 5.46. The number of hydrogen-bond donors (Lipinski definition) is 0. The van der Waals surface area contributed by atoms with E-state index >= 15 is 0 Å². The Labute approximate surface area is 101 Å². The molecule has 0 amide bonds. The highest BCUT2D eigenvalue weighted by Gasteiger charge is 2.05. The summed E-state index contributed by atoms with van der Waals surface area (Å²) in [6.45, 7) is 3.72. The molecule has 0 radical (unpaired) electrons. The van der Waals surface area contributed by atoms with Gasteiger partial charge in [-0.05, 0) is 34.9 Å². The maximum absolute atomic E-state index is 11.4. The molecule has 0 aromatic heterocycles. The normalized spacial score (nSPS) is 10.2. The molecular weight excluding hydrogens is 212 g/mol. The van der Waals surface area contributed by atoms with Crippen LogP contribution in [0.2, 0.25) is 0 Å². The van der Waals surface area contributed by atoms with Crippen molar-refractivity contribution >= 4 is 16.7 Å². The van der Waals surface area contributed by atoms with E-state index in [4.69, 9.17) is 4.74 Å². The number of esters is 1. The molecule has 2 heteroatoms. The molecule has 2 aromatic rings. The quantitative estimate of drug-likeness (QED) is 0.592. The summed E-state index contributed by atoms with van der Waals surface area (Å²) in [7, 11) is 1.39. The van der Waals surface area contributed by atoms with E-state index in [0.717, 1.165) is 17.2 Å². The Morgan fingerprint density at radius 3 is 2.65 bits per heavy atom. The summed E-state index contributed by atoms with van der Waals surface area (Å²) in [4.78, 5) is 11.4. The molecule has 0 unspecified atom stereocenters. The second-order valence-electron chi connectivity index (χ2n) is 3.88. The number of benzene rings is 2. The average molecular weight is 226 g/mol. The summed E-state index contributed by atoms with van der Waals surface area (Å²) in [6.07, 6.45) is 2.73. The maximum atomic E-state index is 11.4. The Hall–Kier alpha value is -2.09. The van der Waals surface area contributed by atoms with E-state index < -0.39 is 0 Å². The van der Waals surface area contributed by atoms with Crippen molar-refractivity contribution in [2.75, 3.05) is 7.11 Å². The van der Waals surface area contributed by atoms with Crippen molar-refractivity contribution in [3.05, 3.63) is 60.2 Å². The summed E-state index contributed by atoms with van der Waals surface area (Å²) in [6, 6.07) is 11.7. The number of allylic oxidation sites excluding steroid dienone is 1. The molecule has 2 nitrogen and oxygen atoms in total. The van der Waals surface area contributed by atoms with Crippen LogP contribution in [0.15, 0.2) is 49.1 Å². The Kier molecular flexibility index (Phi) is 3.24. The fourth-order valence-corrected chi connectivity index (χ4v) is 1.83. The summed E-state index contributed by atoms with van der Waals surface area (Å²) < 4.78 is 4.70. The third-order valence-electron chi connectivity index (χ3n) is 2.71. The highest BCUT2D eigenvalue weighted by atomic mass is 16.5. The first-order valence-electron chi connectivity index (χ1n) is 5.46. The van der Waals surface area contributed by atoms with Gasteiger partial charge in [0.05, 0.1) is 12.7 Å². The number of hydrogen-bond acceptors (Lipinski definition) is 2. The van der Waals surface area contributed by atoms with Crippen molar-refractivity contribution in [3.8, 4) is 0 Å². The topological polar surface area (TPSA) is 26.3 Å². The highest BCUT2D eigenvalue weighted by molar-refractivity contribution is 5.95. The van der Waals surface area contributed by atoms with Crippen molar-refractivity contribution in [2.45, 2.75) is 6.42 Å². The summed E-state index contributed by atoms with van der Waals surface area (Å²) in [5, 5.41) is 2.16. The van der Waals surface area contributed by atoms with Gasteiger partial charge in [-0.3, -0.25) is 0 Å². The second-order valence-corrected chi connectivity index (χ2v) is 3.88. The standard InChI is InChI=1S/C15H14O2/c1-3-4-11-5-6-13-10-14(15(16)17-2)8-7-12(13)9-11/h3,5-10H,1,4H2,2H3. The van der Waals surface area contributed by atoms with Gasteiger partial charge in [0.25, 0.3) is 0 Å². The van der Waals surface area contributed by atoms with E-state index in [1.54, 1.807) is 6.07 Å². The van der Waals surface area contributed by atoms with Crippen molar-refractivity contribution in [2.24, 2.45) is 0 Å². The van der Waals surface area contributed by atoms with Gasteiger partial charge in [0.15, 0.2) is 0 Å². The Morgan fingerprint density at radius 1 is 1.24 bits per heavy atom. The van der Waals surface area contributed by atoms with Crippen LogP contribution in [0.1, 0.15) is 15.9 Å². The van der Waals surface area contributed by atoms with Crippen LogP contribution < -0.4 is 0 Å². The molecule has 0 aliphatic carbocycles. The van der Waals surface area contributed by atoms with Gasteiger partial charge in [-0.15, -0.1) is 6.58 Å². The van der Waals surface area contributed by atoms with Crippen molar-refractivity contribution < 1.29 is 9.53 Å². The minimum absolute atomic E-state index is 0.304. The number of ether oxygens (including phenoxy) is 1. The molecule has 86 valence electrons. The van der Waals surface area contributed by atoms with E-state index in [9.17, 15) is 4.79 Å². The number of carbonyl (C=O) groups is 1. The number of methoxy groups -OCH3 is 1. The van der Waals surface area contributed by atoms with E-state index in [0.29, 0.717) is 5.56 Å². The van der Waals surface area contributed by atoms with Gasteiger partial charge in [0.1, 0.15) is 0 Å². The Balaban J connectivity index is 2.46. The molecule has 0 bridgehead atoms. The molecule has 0 fully saturated rings. The number of carbonyl (C=O) groups excluding carboxylic acids is 1. The van der Waals surface area contributed by atoms with Gasteiger partial charge in [-0.2, -0.15) is 0 Å². The summed E-state index contributed by atoms with van der Waals surface area (Å²) in [5.41, 5.74) is 1.80. The van der Waals surface area contributed by atoms with Gasteiger partial charge in [-0.1, -0.05) is 30.3 Å². The van der Waals surface area contributed by atoms with Crippen LogP contribution in [0.25, 0.3) is 10.8 Å². The van der Waals surface area contributed by atoms with E-state index in [1.807, 2.05) is 30.3 Å². The lowest BCUT2D eigenvalue weighted by atomic mass is 10.0. The van der Waals surface area contributed by atoms with Gasteiger partial charge in [0.2, 0.25) is 0 Å². The van der Waals surface area contributed by atoms with Crippen LogP contribution in [0.5, 0.6) is 0 Å². The monoisotopic (exact) mass is 226 g/mol. The Morgan fingerprint density at radius 2 is 1.94 bits per heavy atom.